The van der Waals surface area contributed by atoms with Gasteiger partial charge in [-0.05, 0) is 56.0 Å². The number of amides is 1. The standard InChI is InChI=1S/C23H24BrNO5S/c1-13-9-18(13)20-6-4-17(29-20)11-25(16-7-8-31(27,28)12-16)23(26)22-14(2)19-10-15(24)3-5-21(19)30-22/h3-6,10,13,16,18H,7-9,11-12H2,1-2H3. The van der Waals surface area contributed by atoms with Crippen molar-refractivity contribution < 1.29 is 22.0 Å². The molecule has 164 valence electrons. The molecule has 2 aromatic heterocycles. The number of hydrogen-bond acceptors (Lipinski definition) is 5. The predicted octanol–water partition coefficient (Wildman–Crippen LogP) is 5.05. The molecule has 1 amide bonds. The summed E-state index contributed by atoms with van der Waals surface area (Å²) in [4.78, 5) is 15.2. The highest BCUT2D eigenvalue weighted by atomic mass is 79.9. The maximum absolute atomic E-state index is 13.6. The summed E-state index contributed by atoms with van der Waals surface area (Å²) in [5.74, 6) is 2.69. The summed E-state index contributed by atoms with van der Waals surface area (Å²) in [5, 5.41) is 0.861. The molecule has 3 heterocycles. The molecular weight excluding hydrogens is 482 g/mol. The Bertz CT molecular complexity index is 1270. The molecule has 5 rings (SSSR count). The van der Waals surface area contributed by atoms with Crippen LogP contribution in [0.5, 0.6) is 0 Å². The third-order valence-electron chi connectivity index (χ3n) is 6.49. The van der Waals surface area contributed by atoms with Crippen LogP contribution in [0.15, 0.2) is 43.6 Å². The first-order valence-corrected chi connectivity index (χ1v) is 13.1. The quantitative estimate of drug-likeness (QED) is 0.484. The third kappa shape index (κ3) is 3.96. The second-order valence-electron chi connectivity index (χ2n) is 8.81. The van der Waals surface area contributed by atoms with E-state index in [2.05, 4.69) is 22.9 Å². The molecule has 1 aliphatic heterocycles. The Labute approximate surface area is 189 Å². The minimum Gasteiger partial charge on any atom is -0.464 e. The Hall–Kier alpha value is -2.06. The second kappa shape index (κ2) is 7.52. The molecule has 0 bridgehead atoms. The fourth-order valence-electron chi connectivity index (χ4n) is 4.48. The molecule has 8 heteroatoms. The maximum atomic E-state index is 13.6. The molecule has 6 nitrogen and oxygen atoms in total. The zero-order valence-corrected chi connectivity index (χ0v) is 19.8. The van der Waals surface area contributed by atoms with Gasteiger partial charge in [-0.15, -0.1) is 0 Å². The van der Waals surface area contributed by atoms with Crippen molar-refractivity contribution in [1.82, 2.24) is 4.90 Å². The van der Waals surface area contributed by atoms with Gasteiger partial charge in [-0.1, -0.05) is 22.9 Å². The molecule has 3 aromatic rings. The van der Waals surface area contributed by atoms with Gasteiger partial charge in [-0.25, -0.2) is 8.42 Å². The van der Waals surface area contributed by atoms with Gasteiger partial charge in [-0.3, -0.25) is 4.79 Å². The summed E-state index contributed by atoms with van der Waals surface area (Å²) in [6, 6.07) is 9.08. The minimum absolute atomic E-state index is 0.0310. The summed E-state index contributed by atoms with van der Waals surface area (Å²) >= 11 is 3.46. The van der Waals surface area contributed by atoms with Crippen LogP contribution in [0.4, 0.5) is 0 Å². The number of fused-ring (bicyclic) bond motifs is 1. The Morgan fingerprint density at radius 1 is 1.23 bits per heavy atom. The molecule has 1 saturated carbocycles. The highest BCUT2D eigenvalue weighted by Gasteiger charge is 2.39. The lowest BCUT2D eigenvalue weighted by molar-refractivity contribution is 0.0634. The molecule has 1 saturated heterocycles. The summed E-state index contributed by atoms with van der Waals surface area (Å²) in [7, 11) is -3.16. The summed E-state index contributed by atoms with van der Waals surface area (Å²) in [5.41, 5.74) is 1.38. The van der Waals surface area contributed by atoms with Gasteiger partial charge in [0.15, 0.2) is 15.6 Å². The maximum Gasteiger partial charge on any atom is 0.290 e. The monoisotopic (exact) mass is 505 g/mol. The van der Waals surface area contributed by atoms with Gasteiger partial charge in [0.25, 0.3) is 5.91 Å². The molecule has 2 fully saturated rings. The van der Waals surface area contributed by atoms with Crippen LogP contribution in [-0.4, -0.2) is 36.8 Å². The third-order valence-corrected chi connectivity index (χ3v) is 8.73. The molecule has 1 aromatic carbocycles. The van der Waals surface area contributed by atoms with Crippen LogP contribution in [0.25, 0.3) is 11.0 Å². The number of nitrogens with zero attached hydrogens (tertiary/aromatic N) is 1. The van der Waals surface area contributed by atoms with E-state index in [9.17, 15) is 13.2 Å². The van der Waals surface area contributed by atoms with Crippen LogP contribution in [0, 0.1) is 12.8 Å². The van der Waals surface area contributed by atoms with Crippen molar-refractivity contribution in [2.45, 2.75) is 45.2 Å². The predicted molar refractivity (Wildman–Crippen MR) is 121 cm³/mol. The largest absolute Gasteiger partial charge is 0.464 e. The normalized spacial score (nSPS) is 24.5. The van der Waals surface area contributed by atoms with Gasteiger partial charge >= 0.3 is 0 Å². The second-order valence-corrected chi connectivity index (χ2v) is 12.0. The van der Waals surface area contributed by atoms with Crippen molar-refractivity contribution in [3.63, 3.8) is 0 Å². The molecule has 31 heavy (non-hydrogen) atoms. The molecule has 1 aliphatic carbocycles. The first-order chi connectivity index (χ1) is 14.7. The Balaban J connectivity index is 1.48. The van der Waals surface area contributed by atoms with E-state index in [1.54, 1.807) is 4.90 Å². The van der Waals surface area contributed by atoms with Crippen LogP contribution >= 0.6 is 15.9 Å². The van der Waals surface area contributed by atoms with Gasteiger partial charge in [0.2, 0.25) is 0 Å². The number of rotatable bonds is 5. The topological polar surface area (TPSA) is 80.7 Å². The molecular formula is C23H24BrNO5S. The lowest BCUT2D eigenvalue weighted by Gasteiger charge is -2.26. The highest BCUT2D eigenvalue weighted by molar-refractivity contribution is 9.10. The van der Waals surface area contributed by atoms with Crippen LogP contribution in [0.1, 0.15) is 53.3 Å². The van der Waals surface area contributed by atoms with Gasteiger partial charge in [-0.2, -0.15) is 0 Å². The summed E-state index contributed by atoms with van der Waals surface area (Å²) in [6.07, 6.45) is 1.54. The van der Waals surface area contributed by atoms with Gasteiger partial charge in [0, 0.05) is 27.4 Å². The number of furan rings is 2. The molecule has 3 unspecified atom stereocenters. The van der Waals surface area contributed by atoms with E-state index in [1.807, 2.05) is 37.3 Å². The minimum atomic E-state index is -3.16. The average Bonchev–Trinajstić information content (AvgIpc) is 3.06. The molecule has 2 aliphatic rings. The zero-order valence-electron chi connectivity index (χ0n) is 17.4. The Morgan fingerprint density at radius 3 is 2.68 bits per heavy atom. The van der Waals surface area contributed by atoms with Crippen LogP contribution < -0.4 is 0 Å². The first kappa shape index (κ1) is 20.8. The smallest absolute Gasteiger partial charge is 0.290 e. The molecule has 0 radical (unpaired) electrons. The number of halogens is 1. The molecule has 0 spiro atoms. The first-order valence-electron chi connectivity index (χ1n) is 10.5. The lowest BCUT2D eigenvalue weighted by Crippen LogP contribution is -2.40. The van der Waals surface area contributed by atoms with Crippen molar-refractivity contribution in [3.05, 3.63) is 57.6 Å². The number of carbonyl (C=O) groups is 1. The highest BCUT2D eigenvalue weighted by Crippen LogP contribution is 2.47. The van der Waals surface area contributed by atoms with Crippen molar-refractivity contribution in [2.75, 3.05) is 11.5 Å². The SMILES string of the molecule is Cc1c(C(=O)N(Cc2ccc(C3CC3C)o2)C2CCS(=O)(=O)C2)oc2ccc(Br)cc12. The van der Waals surface area contributed by atoms with Crippen molar-refractivity contribution >= 4 is 42.6 Å². The van der Waals surface area contributed by atoms with Crippen molar-refractivity contribution in [1.29, 1.82) is 0 Å². The lowest BCUT2D eigenvalue weighted by atomic mass is 10.1. The number of hydrogen-bond donors (Lipinski definition) is 0. The van der Waals surface area contributed by atoms with E-state index < -0.39 is 15.9 Å². The summed E-state index contributed by atoms with van der Waals surface area (Å²) in [6.45, 7) is 4.27. The zero-order chi connectivity index (χ0) is 21.9. The van der Waals surface area contributed by atoms with Gasteiger partial charge in [0.1, 0.15) is 17.1 Å². The van der Waals surface area contributed by atoms with E-state index in [0.717, 1.165) is 27.6 Å². The van der Waals surface area contributed by atoms with Crippen LogP contribution in [-0.2, 0) is 16.4 Å². The van der Waals surface area contributed by atoms with Crippen molar-refractivity contribution in [2.24, 2.45) is 5.92 Å². The number of benzene rings is 1. The molecule has 3 atom stereocenters. The van der Waals surface area contributed by atoms with Crippen LogP contribution in [0.3, 0.4) is 0 Å². The summed E-state index contributed by atoms with van der Waals surface area (Å²) < 4.78 is 37.2. The van der Waals surface area contributed by atoms with E-state index in [4.69, 9.17) is 8.83 Å². The number of sulfone groups is 1. The Morgan fingerprint density at radius 2 is 2.00 bits per heavy atom. The van der Waals surface area contributed by atoms with E-state index in [-0.39, 0.29) is 29.7 Å². The fourth-order valence-corrected chi connectivity index (χ4v) is 6.57. The van der Waals surface area contributed by atoms with E-state index in [1.165, 1.54) is 0 Å². The van der Waals surface area contributed by atoms with Crippen molar-refractivity contribution in [3.8, 4) is 0 Å². The average molecular weight is 506 g/mol. The number of carbonyl (C=O) groups excluding carboxylic acids is 1. The van der Waals surface area contributed by atoms with E-state index in [0.29, 0.717) is 29.6 Å². The fraction of sp³-hybridized carbons (Fsp3) is 0.435. The van der Waals surface area contributed by atoms with Crippen LogP contribution in [0.2, 0.25) is 0 Å². The van der Waals surface area contributed by atoms with Gasteiger partial charge < -0.3 is 13.7 Å². The van der Waals surface area contributed by atoms with E-state index >= 15 is 0 Å². The Kier molecular flexibility index (Phi) is 5.05. The molecule has 0 N–H and O–H groups in total. The van der Waals surface area contributed by atoms with Gasteiger partial charge in [0.05, 0.1) is 18.1 Å². The number of aryl methyl sites for hydroxylation is 1.